The molecule has 1 heterocycles. The Hall–Kier alpha value is -4.60. The SMILES string of the molecule is O=C(Nc1ccc(-c2c[nH]cc2NC(=O)c2ccccc2)cc1)Nc1cc(C(F)(F)F)ccc1F. The second kappa shape index (κ2) is 9.72. The number of hydrogen-bond donors (Lipinski definition) is 4. The van der Waals surface area contributed by atoms with Gasteiger partial charge < -0.3 is 20.9 Å². The number of halogens is 4. The zero-order chi connectivity index (χ0) is 25.0. The van der Waals surface area contributed by atoms with Crippen molar-refractivity contribution in [2.24, 2.45) is 0 Å². The van der Waals surface area contributed by atoms with Gasteiger partial charge in [0.15, 0.2) is 0 Å². The number of carbonyl (C=O) groups excluding carboxylic acids is 2. The summed E-state index contributed by atoms with van der Waals surface area (Å²) in [5, 5.41) is 7.36. The summed E-state index contributed by atoms with van der Waals surface area (Å²) in [5.74, 6) is -1.27. The van der Waals surface area contributed by atoms with E-state index in [1.54, 1.807) is 60.9 Å². The fourth-order valence-electron chi connectivity index (χ4n) is 3.31. The average molecular weight is 482 g/mol. The van der Waals surface area contributed by atoms with Gasteiger partial charge in [-0.05, 0) is 48.0 Å². The number of anilines is 3. The minimum absolute atomic E-state index is 0.275. The molecule has 0 aliphatic heterocycles. The number of aromatic amines is 1. The van der Waals surface area contributed by atoms with E-state index in [0.717, 1.165) is 5.56 Å². The Bertz CT molecular complexity index is 1350. The quantitative estimate of drug-likeness (QED) is 0.238. The summed E-state index contributed by atoms with van der Waals surface area (Å²) in [6.45, 7) is 0. The highest BCUT2D eigenvalue weighted by atomic mass is 19.4. The molecule has 0 aliphatic carbocycles. The molecule has 3 amide bonds. The van der Waals surface area contributed by atoms with Crippen LogP contribution in [-0.4, -0.2) is 16.9 Å². The molecule has 0 unspecified atom stereocenters. The number of alkyl halides is 3. The van der Waals surface area contributed by atoms with Gasteiger partial charge in [0.2, 0.25) is 0 Å². The molecule has 178 valence electrons. The lowest BCUT2D eigenvalue weighted by Gasteiger charge is -2.12. The van der Waals surface area contributed by atoms with E-state index in [1.807, 2.05) is 6.07 Å². The summed E-state index contributed by atoms with van der Waals surface area (Å²) in [6, 6.07) is 16.0. The molecule has 0 fully saturated rings. The minimum Gasteiger partial charge on any atom is -0.365 e. The van der Waals surface area contributed by atoms with Gasteiger partial charge in [-0.1, -0.05) is 30.3 Å². The molecule has 4 rings (SSSR count). The number of aromatic nitrogens is 1. The van der Waals surface area contributed by atoms with Crippen LogP contribution in [0.2, 0.25) is 0 Å². The third kappa shape index (κ3) is 5.67. The summed E-state index contributed by atoms with van der Waals surface area (Å²) >= 11 is 0. The Balaban J connectivity index is 1.43. The number of hydrogen-bond acceptors (Lipinski definition) is 2. The lowest BCUT2D eigenvalue weighted by molar-refractivity contribution is -0.137. The van der Waals surface area contributed by atoms with Gasteiger partial charge in [0.25, 0.3) is 5.91 Å². The summed E-state index contributed by atoms with van der Waals surface area (Å²) in [7, 11) is 0. The maximum atomic E-state index is 13.9. The fraction of sp³-hybridized carbons (Fsp3) is 0.0400. The molecule has 3 aromatic carbocycles. The predicted octanol–water partition coefficient (Wildman–Crippen LogP) is 6.74. The van der Waals surface area contributed by atoms with Crippen LogP contribution in [0.15, 0.2) is 85.2 Å². The molecule has 0 atom stereocenters. The van der Waals surface area contributed by atoms with Crippen molar-refractivity contribution >= 4 is 29.0 Å². The van der Waals surface area contributed by atoms with Gasteiger partial charge in [0, 0.05) is 29.2 Å². The Morgan fingerprint density at radius 2 is 1.49 bits per heavy atom. The highest BCUT2D eigenvalue weighted by Gasteiger charge is 2.31. The summed E-state index contributed by atoms with van der Waals surface area (Å²) in [4.78, 5) is 27.6. The van der Waals surface area contributed by atoms with Crippen LogP contribution < -0.4 is 16.0 Å². The third-order valence-electron chi connectivity index (χ3n) is 5.03. The van der Waals surface area contributed by atoms with E-state index in [1.165, 1.54) is 0 Å². The Morgan fingerprint density at radius 3 is 2.17 bits per heavy atom. The van der Waals surface area contributed by atoms with E-state index in [9.17, 15) is 27.2 Å². The first-order valence-corrected chi connectivity index (χ1v) is 10.3. The van der Waals surface area contributed by atoms with E-state index in [4.69, 9.17) is 0 Å². The molecule has 0 spiro atoms. The third-order valence-corrected chi connectivity index (χ3v) is 5.03. The molecule has 35 heavy (non-hydrogen) atoms. The largest absolute Gasteiger partial charge is 0.416 e. The van der Waals surface area contributed by atoms with Gasteiger partial charge in [0.05, 0.1) is 16.9 Å². The Kier molecular flexibility index (Phi) is 6.54. The van der Waals surface area contributed by atoms with Gasteiger partial charge in [-0.25, -0.2) is 9.18 Å². The topological polar surface area (TPSA) is 86.0 Å². The molecule has 0 bridgehead atoms. The normalized spacial score (nSPS) is 11.1. The molecule has 0 saturated heterocycles. The molecule has 10 heteroatoms. The molecule has 0 radical (unpaired) electrons. The molecule has 4 N–H and O–H groups in total. The van der Waals surface area contributed by atoms with E-state index >= 15 is 0 Å². The van der Waals surface area contributed by atoms with Gasteiger partial charge in [-0.3, -0.25) is 4.79 Å². The molecule has 6 nitrogen and oxygen atoms in total. The van der Waals surface area contributed by atoms with Gasteiger partial charge in [0.1, 0.15) is 5.82 Å². The standard InChI is InChI=1S/C25H18F4N4O2/c26-20-11-8-17(25(27,28)29)12-21(20)33-24(35)31-18-9-6-15(7-10-18)19-13-30-14-22(19)32-23(34)16-4-2-1-3-5-16/h1-14,30H,(H,32,34)(H2,31,33,35). The van der Waals surface area contributed by atoms with Gasteiger partial charge in [-0.15, -0.1) is 0 Å². The summed E-state index contributed by atoms with van der Waals surface area (Å²) < 4.78 is 52.4. The lowest BCUT2D eigenvalue weighted by atomic mass is 10.1. The smallest absolute Gasteiger partial charge is 0.365 e. The molecular formula is C25H18F4N4O2. The number of rotatable bonds is 5. The monoisotopic (exact) mass is 482 g/mol. The van der Waals surface area contributed by atoms with Crippen LogP contribution in [0.4, 0.5) is 39.4 Å². The first-order chi connectivity index (χ1) is 16.7. The molecule has 1 aromatic heterocycles. The molecular weight excluding hydrogens is 464 g/mol. The summed E-state index contributed by atoms with van der Waals surface area (Å²) in [6.07, 6.45) is -1.33. The Labute approximate surface area is 197 Å². The highest BCUT2D eigenvalue weighted by molar-refractivity contribution is 6.06. The fourth-order valence-corrected chi connectivity index (χ4v) is 3.31. The maximum Gasteiger partial charge on any atom is 0.416 e. The zero-order valence-electron chi connectivity index (χ0n) is 17.9. The van der Waals surface area contributed by atoms with Crippen LogP contribution in [0.1, 0.15) is 15.9 Å². The highest BCUT2D eigenvalue weighted by Crippen LogP contribution is 2.32. The number of H-pyrrole nitrogens is 1. The lowest BCUT2D eigenvalue weighted by Crippen LogP contribution is -2.20. The van der Waals surface area contributed by atoms with Crippen LogP contribution in [0.25, 0.3) is 11.1 Å². The minimum atomic E-state index is -4.67. The number of amides is 3. The van der Waals surface area contributed by atoms with Crippen LogP contribution in [0, 0.1) is 5.82 Å². The molecule has 0 saturated carbocycles. The number of benzene rings is 3. The van der Waals surface area contributed by atoms with E-state index in [0.29, 0.717) is 40.7 Å². The van der Waals surface area contributed by atoms with Gasteiger partial charge >= 0.3 is 12.2 Å². The first-order valence-electron chi connectivity index (χ1n) is 10.3. The van der Waals surface area contributed by atoms with Crippen molar-refractivity contribution in [1.82, 2.24) is 4.98 Å². The van der Waals surface area contributed by atoms with E-state index in [-0.39, 0.29) is 5.91 Å². The van der Waals surface area contributed by atoms with E-state index in [2.05, 4.69) is 20.9 Å². The first kappa shape index (κ1) is 23.6. The summed E-state index contributed by atoms with van der Waals surface area (Å²) in [5.41, 5.74) is 1.13. The van der Waals surface area contributed by atoms with Crippen LogP contribution >= 0.6 is 0 Å². The van der Waals surface area contributed by atoms with Crippen LogP contribution in [-0.2, 0) is 6.18 Å². The van der Waals surface area contributed by atoms with Crippen molar-refractivity contribution in [2.45, 2.75) is 6.18 Å². The van der Waals surface area contributed by atoms with Crippen molar-refractivity contribution in [3.63, 3.8) is 0 Å². The van der Waals surface area contributed by atoms with Crippen molar-refractivity contribution in [1.29, 1.82) is 0 Å². The van der Waals surface area contributed by atoms with Crippen molar-refractivity contribution in [2.75, 3.05) is 16.0 Å². The maximum absolute atomic E-state index is 13.9. The Morgan fingerprint density at radius 1 is 0.771 bits per heavy atom. The molecule has 0 aliphatic rings. The number of carbonyl (C=O) groups is 2. The number of nitrogens with one attached hydrogen (secondary N) is 4. The van der Waals surface area contributed by atoms with E-state index < -0.39 is 29.3 Å². The van der Waals surface area contributed by atoms with Gasteiger partial charge in [-0.2, -0.15) is 13.2 Å². The molecule has 4 aromatic rings. The number of urea groups is 1. The van der Waals surface area contributed by atoms with Crippen molar-refractivity contribution in [3.8, 4) is 11.1 Å². The van der Waals surface area contributed by atoms with Crippen LogP contribution in [0.3, 0.4) is 0 Å². The van der Waals surface area contributed by atoms with Crippen molar-refractivity contribution in [3.05, 3.63) is 102 Å². The van der Waals surface area contributed by atoms with Crippen LogP contribution in [0.5, 0.6) is 0 Å². The van der Waals surface area contributed by atoms with Crippen molar-refractivity contribution < 1.29 is 27.2 Å². The zero-order valence-corrected chi connectivity index (χ0v) is 17.9. The predicted molar refractivity (Wildman–Crippen MR) is 125 cm³/mol. The average Bonchev–Trinajstić information content (AvgIpc) is 3.29. The second-order valence-electron chi connectivity index (χ2n) is 7.45. The second-order valence-corrected chi connectivity index (χ2v) is 7.45.